The van der Waals surface area contributed by atoms with Crippen LogP contribution in [0.25, 0.3) is 21.8 Å². The van der Waals surface area contributed by atoms with Gasteiger partial charge >= 0.3 is 12.4 Å². The SMILES string of the molecule is COc1ccc2c(Cc3cn(C)c4c(C(=O)NCC(F)(F)F)c(OC)ccc34)cn(C)c2c1C(=O)NCC(F)(F)F. The second-order valence-corrected chi connectivity index (χ2v) is 9.38. The van der Waals surface area contributed by atoms with E-state index in [1.807, 2.05) is 10.6 Å². The minimum atomic E-state index is -4.60. The first kappa shape index (κ1) is 29.6. The van der Waals surface area contributed by atoms with E-state index in [2.05, 4.69) is 0 Å². The molecule has 0 fully saturated rings. The maximum Gasteiger partial charge on any atom is 0.405 e. The second-order valence-electron chi connectivity index (χ2n) is 9.38. The Morgan fingerprint density at radius 1 is 0.707 bits per heavy atom. The Balaban J connectivity index is 1.79. The van der Waals surface area contributed by atoms with Crippen molar-refractivity contribution in [3.05, 3.63) is 58.9 Å². The zero-order valence-corrected chi connectivity index (χ0v) is 22.4. The van der Waals surface area contributed by atoms with Crippen molar-refractivity contribution in [2.24, 2.45) is 14.1 Å². The molecular formula is C27H26F6N4O4. The number of carbonyl (C=O) groups excluding carboxylic acids is 2. The van der Waals surface area contributed by atoms with E-state index in [1.165, 1.54) is 26.4 Å². The first-order valence-corrected chi connectivity index (χ1v) is 12.1. The summed E-state index contributed by atoms with van der Waals surface area (Å²) in [5.41, 5.74) is 2.01. The number of hydrogen-bond acceptors (Lipinski definition) is 4. The van der Waals surface area contributed by atoms with Gasteiger partial charge in [-0.25, -0.2) is 0 Å². The Labute approximate surface area is 229 Å². The van der Waals surface area contributed by atoms with E-state index >= 15 is 0 Å². The van der Waals surface area contributed by atoms with E-state index in [0.29, 0.717) is 32.9 Å². The number of ether oxygens (including phenoxy) is 2. The molecule has 0 aliphatic heterocycles. The second kappa shape index (κ2) is 10.9. The van der Waals surface area contributed by atoms with Gasteiger partial charge in [0.15, 0.2) is 0 Å². The van der Waals surface area contributed by atoms with Gasteiger partial charge in [-0.2, -0.15) is 26.3 Å². The van der Waals surface area contributed by atoms with Crippen molar-refractivity contribution >= 4 is 33.6 Å². The third-order valence-corrected chi connectivity index (χ3v) is 6.55. The van der Waals surface area contributed by atoms with Crippen LogP contribution in [0.5, 0.6) is 11.5 Å². The highest BCUT2D eigenvalue weighted by atomic mass is 19.4. The van der Waals surface area contributed by atoms with Crippen molar-refractivity contribution in [2.45, 2.75) is 18.8 Å². The number of benzene rings is 2. The molecule has 0 atom stereocenters. The minimum Gasteiger partial charge on any atom is -0.496 e. The lowest BCUT2D eigenvalue weighted by atomic mass is 10.00. The minimum absolute atomic E-state index is 0.0609. The van der Waals surface area contributed by atoms with Gasteiger partial charge in [-0.15, -0.1) is 0 Å². The largest absolute Gasteiger partial charge is 0.496 e. The molecule has 2 aromatic carbocycles. The summed E-state index contributed by atoms with van der Waals surface area (Å²) in [6, 6.07) is 6.36. The first-order chi connectivity index (χ1) is 19.1. The molecule has 14 heteroatoms. The summed E-state index contributed by atoms with van der Waals surface area (Å²) < 4.78 is 90.4. The van der Waals surface area contributed by atoms with Crippen LogP contribution in [0.1, 0.15) is 31.8 Å². The number of rotatable bonds is 8. The van der Waals surface area contributed by atoms with Crippen LogP contribution in [-0.4, -0.2) is 60.6 Å². The van der Waals surface area contributed by atoms with Gasteiger partial charge in [-0.05, 0) is 35.4 Å². The average Bonchev–Trinajstić information content (AvgIpc) is 3.39. The molecule has 4 rings (SSSR count). The molecule has 4 aromatic rings. The average molecular weight is 585 g/mol. The predicted molar refractivity (Wildman–Crippen MR) is 139 cm³/mol. The molecular weight excluding hydrogens is 558 g/mol. The van der Waals surface area contributed by atoms with Gasteiger partial charge < -0.3 is 29.2 Å². The van der Waals surface area contributed by atoms with Gasteiger partial charge in [0, 0.05) is 43.7 Å². The maximum absolute atomic E-state index is 12.8. The number of aromatic nitrogens is 2. The molecule has 0 radical (unpaired) electrons. The number of nitrogens with one attached hydrogen (secondary N) is 2. The summed E-state index contributed by atoms with van der Waals surface area (Å²) in [7, 11) is 5.89. The Morgan fingerprint density at radius 2 is 1.07 bits per heavy atom. The zero-order valence-electron chi connectivity index (χ0n) is 22.4. The number of fused-ring (bicyclic) bond motifs is 2. The number of nitrogens with zero attached hydrogens (tertiary/aromatic N) is 2. The Morgan fingerprint density at radius 3 is 1.39 bits per heavy atom. The first-order valence-electron chi connectivity index (χ1n) is 12.1. The van der Waals surface area contributed by atoms with Crippen LogP contribution in [0, 0.1) is 0 Å². The summed E-state index contributed by atoms with van der Waals surface area (Å²) in [4.78, 5) is 25.7. The van der Waals surface area contributed by atoms with Crippen LogP contribution in [-0.2, 0) is 20.5 Å². The van der Waals surface area contributed by atoms with E-state index in [1.54, 1.807) is 47.8 Å². The lowest BCUT2D eigenvalue weighted by molar-refractivity contribution is -0.123. The molecule has 0 unspecified atom stereocenters. The van der Waals surface area contributed by atoms with Crippen molar-refractivity contribution < 1.29 is 45.4 Å². The van der Waals surface area contributed by atoms with Gasteiger partial charge in [0.05, 0.1) is 25.3 Å². The number of amides is 2. The van der Waals surface area contributed by atoms with Crippen molar-refractivity contribution in [3.8, 4) is 11.5 Å². The topological polar surface area (TPSA) is 86.5 Å². The monoisotopic (exact) mass is 584 g/mol. The van der Waals surface area contributed by atoms with Crippen molar-refractivity contribution in [1.82, 2.24) is 19.8 Å². The maximum atomic E-state index is 12.8. The molecule has 8 nitrogen and oxygen atoms in total. The fourth-order valence-corrected chi connectivity index (χ4v) is 4.94. The van der Waals surface area contributed by atoms with Crippen LogP contribution >= 0.6 is 0 Å². The summed E-state index contributed by atoms with van der Waals surface area (Å²) in [5.74, 6) is -1.72. The summed E-state index contributed by atoms with van der Waals surface area (Å²) in [6.45, 7) is -3.03. The number of alkyl halides is 6. The molecule has 0 bridgehead atoms. The molecule has 0 aliphatic rings. The summed E-state index contributed by atoms with van der Waals surface area (Å²) in [6.07, 6.45) is -5.49. The lowest BCUT2D eigenvalue weighted by Crippen LogP contribution is -2.34. The molecule has 0 spiro atoms. The third-order valence-electron chi connectivity index (χ3n) is 6.55. The molecule has 41 heavy (non-hydrogen) atoms. The normalized spacial score (nSPS) is 12.1. The van der Waals surface area contributed by atoms with Crippen LogP contribution in [0.2, 0.25) is 0 Å². The quantitative estimate of drug-likeness (QED) is 0.290. The molecule has 2 amide bonds. The Bertz CT molecular complexity index is 1520. The fraction of sp³-hybridized carbons (Fsp3) is 0.333. The van der Waals surface area contributed by atoms with Crippen molar-refractivity contribution in [2.75, 3.05) is 27.3 Å². The lowest BCUT2D eigenvalue weighted by Gasteiger charge is -2.13. The summed E-state index contributed by atoms with van der Waals surface area (Å²) >= 11 is 0. The summed E-state index contributed by atoms with van der Waals surface area (Å²) in [5, 5.41) is 4.94. The predicted octanol–water partition coefficient (Wildman–Crippen LogP) is 4.86. The molecule has 0 aliphatic carbocycles. The highest BCUT2D eigenvalue weighted by Gasteiger charge is 2.31. The van der Waals surface area contributed by atoms with Crippen LogP contribution in [0.3, 0.4) is 0 Å². The third kappa shape index (κ3) is 6.05. The van der Waals surface area contributed by atoms with Gasteiger partial charge in [0.25, 0.3) is 11.8 Å². The smallest absolute Gasteiger partial charge is 0.405 e. The van der Waals surface area contributed by atoms with Crippen LogP contribution in [0.15, 0.2) is 36.7 Å². The standard InChI is InChI=1S/C27H26F6N4O4/c1-36-10-14(16-5-7-18(40-3)20(22(16)36)24(38)34-12-26(28,29)30)9-15-11-37(2)23-17(15)6-8-19(41-4)21(23)25(39)35-13-27(31,32)33/h5-8,10-11H,9,12-13H2,1-4H3,(H,34,38)(H,35,39). The van der Waals surface area contributed by atoms with Crippen molar-refractivity contribution in [1.29, 1.82) is 0 Å². The van der Waals surface area contributed by atoms with E-state index in [0.717, 1.165) is 0 Å². The molecule has 2 N–H and O–H groups in total. The van der Waals surface area contributed by atoms with Gasteiger partial charge in [-0.3, -0.25) is 9.59 Å². The molecule has 0 saturated carbocycles. The van der Waals surface area contributed by atoms with Gasteiger partial charge in [-0.1, -0.05) is 0 Å². The van der Waals surface area contributed by atoms with Gasteiger partial charge in [0.2, 0.25) is 0 Å². The van der Waals surface area contributed by atoms with E-state index in [4.69, 9.17) is 9.47 Å². The van der Waals surface area contributed by atoms with E-state index < -0.39 is 37.3 Å². The highest BCUT2D eigenvalue weighted by molar-refractivity contribution is 6.10. The fourth-order valence-electron chi connectivity index (χ4n) is 4.94. The molecule has 0 saturated heterocycles. The van der Waals surface area contributed by atoms with E-state index in [9.17, 15) is 35.9 Å². The van der Waals surface area contributed by atoms with E-state index in [-0.39, 0.29) is 29.0 Å². The van der Waals surface area contributed by atoms with Crippen LogP contribution < -0.4 is 20.1 Å². The number of carbonyl (C=O) groups is 2. The van der Waals surface area contributed by atoms with Gasteiger partial charge in [0.1, 0.15) is 35.7 Å². The molecule has 220 valence electrons. The number of aryl methyl sites for hydroxylation is 2. The highest BCUT2D eigenvalue weighted by Crippen LogP contribution is 2.36. The zero-order chi connectivity index (χ0) is 30.3. The number of hydrogen-bond donors (Lipinski definition) is 2. The Kier molecular flexibility index (Phi) is 7.87. The number of methoxy groups -OCH3 is 2. The molecule has 2 heterocycles. The number of halogens is 6. The Hall–Kier alpha value is -4.36. The van der Waals surface area contributed by atoms with Crippen LogP contribution in [0.4, 0.5) is 26.3 Å². The molecule has 2 aromatic heterocycles. The van der Waals surface area contributed by atoms with Crippen molar-refractivity contribution in [3.63, 3.8) is 0 Å².